The fourth-order valence-electron chi connectivity index (χ4n) is 3.43. The highest BCUT2D eigenvalue weighted by atomic mass is 35.5. The zero-order valence-corrected chi connectivity index (χ0v) is 14.3. The average Bonchev–Trinajstić information content (AvgIpc) is 3.18. The summed E-state index contributed by atoms with van der Waals surface area (Å²) in [7, 11) is -3.04. The van der Waals surface area contributed by atoms with Crippen LogP contribution in [-0.2, 0) is 21.8 Å². The summed E-state index contributed by atoms with van der Waals surface area (Å²) in [6.45, 7) is 0. The van der Waals surface area contributed by atoms with Gasteiger partial charge in [0, 0.05) is 6.42 Å². The van der Waals surface area contributed by atoms with Crippen LogP contribution in [0.25, 0.3) is 0 Å². The Hall–Kier alpha value is -0.660. The second kappa shape index (κ2) is 6.84. The molecular formula is C14H24ClN3O3S. The second-order valence-electron chi connectivity index (χ2n) is 6.40. The number of nitrogens with zero attached hydrogens (tertiary/aromatic N) is 2. The lowest BCUT2D eigenvalue weighted by atomic mass is 9.99. The van der Waals surface area contributed by atoms with Gasteiger partial charge in [-0.2, -0.15) is 4.98 Å². The first-order valence-corrected chi connectivity index (χ1v) is 9.55. The Kier molecular flexibility index (Phi) is 5.50. The average molecular weight is 350 g/mol. The lowest BCUT2D eigenvalue weighted by Gasteiger charge is -2.17. The second-order valence-corrected chi connectivity index (χ2v) is 8.80. The van der Waals surface area contributed by atoms with E-state index in [2.05, 4.69) is 10.1 Å². The maximum Gasteiger partial charge on any atom is 0.227 e. The molecule has 0 aliphatic heterocycles. The number of rotatable bonds is 5. The predicted molar refractivity (Wildman–Crippen MR) is 85.6 cm³/mol. The summed E-state index contributed by atoms with van der Waals surface area (Å²) in [5, 5.41) is 3.79. The van der Waals surface area contributed by atoms with E-state index < -0.39 is 15.4 Å². The van der Waals surface area contributed by atoms with Crippen molar-refractivity contribution in [1.82, 2.24) is 10.1 Å². The maximum atomic E-state index is 12.2. The van der Waals surface area contributed by atoms with Gasteiger partial charge in [0.1, 0.15) is 0 Å². The van der Waals surface area contributed by atoms with Crippen LogP contribution >= 0.6 is 12.4 Å². The van der Waals surface area contributed by atoms with Crippen LogP contribution in [-0.4, -0.2) is 29.6 Å². The van der Waals surface area contributed by atoms with Crippen molar-refractivity contribution in [3.8, 4) is 0 Å². The summed E-state index contributed by atoms with van der Waals surface area (Å²) in [5.41, 5.74) is 5.79. The molecule has 0 atom stereocenters. The number of halogens is 1. The van der Waals surface area contributed by atoms with E-state index in [1.165, 1.54) is 0 Å². The monoisotopic (exact) mass is 349 g/mol. The molecule has 0 unspecified atom stereocenters. The third-order valence-electron chi connectivity index (χ3n) is 4.82. The molecule has 6 nitrogen and oxygen atoms in total. The van der Waals surface area contributed by atoms with Crippen LogP contribution in [0.3, 0.4) is 0 Å². The molecule has 1 heterocycles. The van der Waals surface area contributed by atoms with Gasteiger partial charge < -0.3 is 10.3 Å². The minimum Gasteiger partial charge on any atom is -0.339 e. The third-order valence-corrected chi connectivity index (χ3v) is 7.08. The van der Waals surface area contributed by atoms with Crippen molar-refractivity contribution in [2.45, 2.75) is 68.6 Å². The van der Waals surface area contributed by atoms with Crippen LogP contribution in [0.2, 0.25) is 0 Å². The fourth-order valence-corrected chi connectivity index (χ4v) is 5.28. The summed E-state index contributed by atoms with van der Waals surface area (Å²) in [4.78, 5) is 4.33. The van der Waals surface area contributed by atoms with Crippen LogP contribution in [0, 0.1) is 0 Å². The molecule has 126 valence electrons. The molecule has 2 N–H and O–H groups in total. The first-order valence-electron chi connectivity index (χ1n) is 7.83. The van der Waals surface area contributed by atoms with Crippen molar-refractivity contribution >= 4 is 22.2 Å². The molecule has 1 aromatic rings. The zero-order valence-electron chi connectivity index (χ0n) is 12.7. The van der Waals surface area contributed by atoms with Gasteiger partial charge in [0.15, 0.2) is 15.7 Å². The van der Waals surface area contributed by atoms with Gasteiger partial charge in [0.05, 0.1) is 16.5 Å². The number of hydrogen-bond acceptors (Lipinski definition) is 6. The predicted octanol–water partition coefficient (Wildman–Crippen LogP) is 2.12. The lowest BCUT2D eigenvalue weighted by Crippen LogP contribution is -2.34. The quantitative estimate of drug-likeness (QED) is 0.874. The first-order chi connectivity index (χ1) is 10.00. The molecule has 8 heteroatoms. The lowest BCUT2D eigenvalue weighted by molar-refractivity contribution is 0.350. The highest BCUT2D eigenvalue weighted by molar-refractivity contribution is 7.92. The Morgan fingerprint density at radius 2 is 1.82 bits per heavy atom. The van der Waals surface area contributed by atoms with E-state index in [-0.39, 0.29) is 23.4 Å². The topological polar surface area (TPSA) is 99.1 Å². The van der Waals surface area contributed by atoms with Crippen LogP contribution in [0.15, 0.2) is 4.52 Å². The van der Waals surface area contributed by atoms with Crippen LogP contribution in [0.1, 0.15) is 63.1 Å². The number of aromatic nitrogens is 2. The van der Waals surface area contributed by atoms with Crippen LogP contribution in [0.5, 0.6) is 0 Å². The molecule has 2 aliphatic rings. The first kappa shape index (κ1) is 17.7. The van der Waals surface area contributed by atoms with E-state index in [4.69, 9.17) is 10.3 Å². The van der Waals surface area contributed by atoms with Crippen molar-refractivity contribution in [3.05, 3.63) is 11.7 Å². The summed E-state index contributed by atoms with van der Waals surface area (Å²) >= 11 is 0. The molecule has 2 aliphatic carbocycles. The van der Waals surface area contributed by atoms with Gasteiger partial charge in [0.2, 0.25) is 5.89 Å². The van der Waals surface area contributed by atoms with Gasteiger partial charge in [-0.15, -0.1) is 12.4 Å². The largest absolute Gasteiger partial charge is 0.339 e. The molecule has 22 heavy (non-hydrogen) atoms. The fraction of sp³-hybridized carbons (Fsp3) is 0.857. The van der Waals surface area contributed by atoms with Gasteiger partial charge in [0.25, 0.3) is 0 Å². The number of hydrogen-bond donors (Lipinski definition) is 1. The van der Waals surface area contributed by atoms with E-state index in [0.29, 0.717) is 18.1 Å². The Morgan fingerprint density at radius 1 is 1.18 bits per heavy atom. The molecule has 0 aromatic carbocycles. The third kappa shape index (κ3) is 3.63. The Morgan fingerprint density at radius 3 is 2.45 bits per heavy atom. The molecule has 2 fully saturated rings. The van der Waals surface area contributed by atoms with E-state index in [1.54, 1.807) is 0 Å². The van der Waals surface area contributed by atoms with Crippen LogP contribution in [0.4, 0.5) is 0 Å². The minimum absolute atomic E-state index is 0. The van der Waals surface area contributed by atoms with Crippen molar-refractivity contribution in [3.63, 3.8) is 0 Å². The number of aryl methyl sites for hydroxylation is 1. The van der Waals surface area contributed by atoms with E-state index >= 15 is 0 Å². The minimum atomic E-state index is -3.04. The van der Waals surface area contributed by atoms with Gasteiger partial charge in [-0.3, -0.25) is 0 Å². The Balaban J connectivity index is 0.00000176. The molecule has 0 spiro atoms. The molecule has 0 radical (unpaired) electrons. The molecule has 3 rings (SSSR count). The molecule has 2 saturated carbocycles. The van der Waals surface area contributed by atoms with Gasteiger partial charge >= 0.3 is 0 Å². The van der Waals surface area contributed by atoms with E-state index in [1.807, 2.05) is 0 Å². The molecule has 1 aromatic heterocycles. The van der Waals surface area contributed by atoms with Crippen molar-refractivity contribution in [2.24, 2.45) is 5.73 Å². The van der Waals surface area contributed by atoms with Gasteiger partial charge in [-0.25, -0.2) is 8.42 Å². The normalized spacial score (nSPS) is 21.9. The summed E-state index contributed by atoms with van der Waals surface area (Å²) in [5.74, 6) is 1.02. The van der Waals surface area contributed by atoms with E-state index in [9.17, 15) is 8.42 Å². The zero-order chi connectivity index (χ0) is 14.9. The molecule has 0 amide bonds. The van der Waals surface area contributed by atoms with Gasteiger partial charge in [-0.1, -0.05) is 30.8 Å². The Labute approximate surface area is 137 Å². The van der Waals surface area contributed by atoms with Crippen molar-refractivity contribution < 1.29 is 12.9 Å². The van der Waals surface area contributed by atoms with Crippen molar-refractivity contribution in [2.75, 3.05) is 5.75 Å². The maximum absolute atomic E-state index is 12.2. The highest BCUT2D eigenvalue weighted by Gasteiger charge is 2.36. The number of sulfone groups is 1. The highest BCUT2D eigenvalue weighted by Crippen LogP contribution is 2.34. The smallest absolute Gasteiger partial charge is 0.227 e. The van der Waals surface area contributed by atoms with Gasteiger partial charge in [-0.05, 0) is 25.7 Å². The molecular weight excluding hydrogens is 326 g/mol. The summed E-state index contributed by atoms with van der Waals surface area (Å²) in [6.07, 6.45) is 7.81. The summed E-state index contributed by atoms with van der Waals surface area (Å²) in [6, 6.07) is 0. The van der Waals surface area contributed by atoms with Crippen molar-refractivity contribution in [1.29, 1.82) is 0 Å². The standard InChI is InChI=1S/C14H23N3O3S.ClH/c15-14(8-3-4-9-14)13-16-12(20-17-13)7-10-21(18,19)11-5-1-2-6-11;/h11H,1-10,15H2;1H. The molecule has 0 saturated heterocycles. The summed E-state index contributed by atoms with van der Waals surface area (Å²) < 4.78 is 29.6. The Bertz CT molecular complexity index is 590. The SMILES string of the molecule is Cl.NC1(c2noc(CCS(=O)(=O)C3CCCC3)n2)CCCC1. The van der Waals surface area contributed by atoms with Crippen LogP contribution < -0.4 is 5.73 Å². The van der Waals surface area contributed by atoms with E-state index in [0.717, 1.165) is 51.4 Å². The number of nitrogens with two attached hydrogens (primary N) is 1. The molecule has 0 bridgehead atoms.